The van der Waals surface area contributed by atoms with Crippen molar-refractivity contribution in [3.05, 3.63) is 52.0 Å². The molecule has 0 saturated carbocycles. The maximum Gasteiger partial charge on any atom is 0.220 e. The van der Waals surface area contributed by atoms with Crippen molar-refractivity contribution in [2.75, 3.05) is 31.1 Å². The van der Waals surface area contributed by atoms with Crippen molar-refractivity contribution in [3.63, 3.8) is 0 Å². The number of nitrogens with zero attached hydrogens (tertiary/aromatic N) is 1. The molecule has 1 heterocycles. The summed E-state index contributed by atoms with van der Waals surface area (Å²) in [5.41, 5.74) is 2.44. The molecule has 0 unspecified atom stereocenters. The van der Waals surface area contributed by atoms with E-state index in [1.165, 1.54) is 11.1 Å². The Bertz CT molecular complexity index is 727. The van der Waals surface area contributed by atoms with Crippen molar-refractivity contribution in [1.29, 1.82) is 0 Å². The summed E-state index contributed by atoms with van der Waals surface area (Å²) in [5.74, 6) is 1.93. The van der Waals surface area contributed by atoms with Gasteiger partial charge in [0.2, 0.25) is 11.8 Å². The summed E-state index contributed by atoms with van der Waals surface area (Å²) in [5, 5.41) is 9.10. The zero-order valence-corrected chi connectivity index (χ0v) is 22.9. The molecular formula is C23H36IN4O2S2+. The molecule has 1 aromatic heterocycles. The summed E-state index contributed by atoms with van der Waals surface area (Å²) in [6.07, 6.45) is 10.8. The fourth-order valence-electron chi connectivity index (χ4n) is 2.52. The number of aromatic nitrogens is 1. The summed E-state index contributed by atoms with van der Waals surface area (Å²) in [6, 6.07) is 4.15. The van der Waals surface area contributed by atoms with Crippen LogP contribution >= 0.6 is 44.2 Å². The summed E-state index contributed by atoms with van der Waals surface area (Å²) in [4.78, 5) is 23.7. The summed E-state index contributed by atoms with van der Waals surface area (Å²) < 4.78 is 4.12. The van der Waals surface area contributed by atoms with Gasteiger partial charge in [-0.05, 0) is 47.8 Å². The van der Waals surface area contributed by atoms with E-state index in [1.807, 2.05) is 35.7 Å². The number of aryl methyl sites for hydroxylation is 2. The zero-order chi connectivity index (χ0) is 23.4. The number of hydrogen-bond acceptors (Lipinski definition) is 5. The Morgan fingerprint density at radius 3 is 2.19 bits per heavy atom. The Balaban J connectivity index is 1.88. The number of hydrogen-bond donors (Lipinski definition) is 3. The molecule has 0 spiro atoms. The summed E-state index contributed by atoms with van der Waals surface area (Å²) in [7, 11) is 3.45. The molecule has 2 amide bonds. The Kier molecular flexibility index (Phi) is 17.4. The summed E-state index contributed by atoms with van der Waals surface area (Å²) >= 11 is 2.21. The number of nitrogens with one attached hydrogen (secondary N) is 3. The minimum Gasteiger partial charge on any atom is -0.391 e. The third kappa shape index (κ3) is 16.4. The van der Waals surface area contributed by atoms with Crippen LogP contribution in [0.2, 0.25) is 0 Å². The van der Waals surface area contributed by atoms with Crippen molar-refractivity contribution in [1.82, 2.24) is 16.0 Å². The van der Waals surface area contributed by atoms with Crippen LogP contribution in [-0.2, 0) is 16.1 Å². The maximum atomic E-state index is 11.9. The molecule has 0 aliphatic heterocycles. The van der Waals surface area contributed by atoms with Gasteiger partial charge in [0.25, 0.3) is 0 Å². The number of allylic oxidation sites excluding steroid dienone is 2. The number of pyridine rings is 1. The van der Waals surface area contributed by atoms with E-state index in [0.717, 1.165) is 37.4 Å². The smallest absolute Gasteiger partial charge is 0.220 e. The van der Waals surface area contributed by atoms with Crippen molar-refractivity contribution < 1.29 is 14.2 Å². The lowest BCUT2D eigenvalue weighted by Gasteiger charge is -2.06. The Hall–Kier alpha value is -1.20. The highest BCUT2D eigenvalue weighted by atomic mass is 127. The van der Waals surface area contributed by atoms with Crippen LogP contribution in [0.4, 0.5) is 0 Å². The standard InChI is InChI=1S/C23H35IN4O2S2/c1-20-8-15-28(16-9-20)14-4-6-23(30)27-13-18-32-31-17-12-26-22(29)5-3-10-25-11-7-21(2)19-24/h7-9,11,15-16,19,25H,3-6,10,12-14,17-18H2,1-2H3,(H-,26,27,29,30)/p+1. The van der Waals surface area contributed by atoms with Crippen LogP contribution in [0.15, 0.2) is 46.5 Å². The van der Waals surface area contributed by atoms with Gasteiger partial charge in [0.05, 0.1) is 0 Å². The van der Waals surface area contributed by atoms with Gasteiger partial charge in [-0.1, -0.05) is 44.2 Å². The first kappa shape index (κ1) is 28.8. The van der Waals surface area contributed by atoms with Crippen LogP contribution < -0.4 is 20.5 Å². The highest BCUT2D eigenvalue weighted by Crippen LogP contribution is 2.19. The fraction of sp³-hybridized carbons (Fsp3) is 0.522. The molecule has 178 valence electrons. The maximum absolute atomic E-state index is 11.9. The van der Waals surface area contributed by atoms with E-state index in [9.17, 15) is 9.59 Å². The second-order valence-corrected chi connectivity index (χ2v) is 10.6. The molecular weight excluding hydrogens is 555 g/mol. The van der Waals surface area contributed by atoms with Gasteiger partial charge in [0.1, 0.15) is 6.54 Å². The molecule has 9 heteroatoms. The molecule has 0 radical (unpaired) electrons. The quantitative estimate of drug-likeness (QED) is 0.0843. The van der Waals surface area contributed by atoms with E-state index in [0.29, 0.717) is 25.9 Å². The van der Waals surface area contributed by atoms with Crippen LogP contribution in [0, 0.1) is 6.92 Å². The van der Waals surface area contributed by atoms with E-state index in [4.69, 9.17) is 0 Å². The fourth-order valence-corrected chi connectivity index (χ4v) is 4.54. The minimum absolute atomic E-state index is 0.0979. The van der Waals surface area contributed by atoms with E-state index in [2.05, 4.69) is 62.2 Å². The van der Waals surface area contributed by atoms with Gasteiger partial charge in [-0.25, -0.2) is 4.57 Å². The Morgan fingerprint density at radius 1 is 1.00 bits per heavy atom. The van der Waals surface area contributed by atoms with E-state index in [-0.39, 0.29) is 11.8 Å². The van der Waals surface area contributed by atoms with Crippen LogP contribution in [0.25, 0.3) is 0 Å². The van der Waals surface area contributed by atoms with Gasteiger partial charge < -0.3 is 16.0 Å². The van der Waals surface area contributed by atoms with E-state index >= 15 is 0 Å². The number of carbonyl (C=O) groups excluding carboxylic acids is 2. The largest absolute Gasteiger partial charge is 0.391 e. The second kappa shape index (κ2) is 19.3. The first-order chi connectivity index (χ1) is 15.5. The summed E-state index contributed by atoms with van der Waals surface area (Å²) in [6.45, 7) is 7.10. The van der Waals surface area contributed by atoms with Gasteiger partial charge in [0.15, 0.2) is 12.4 Å². The van der Waals surface area contributed by atoms with Gasteiger partial charge in [-0.15, -0.1) is 0 Å². The lowest BCUT2D eigenvalue weighted by Crippen LogP contribution is -2.34. The lowest BCUT2D eigenvalue weighted by molar-refractivity contribution is -0.697. The number of amides is 2. The molecule has 0 aliphatic rings. The first-order valence-corrected chi connectivity index (χ1v) is 14.6. The third-order valence-corrected chi connectivity index (χ3v) is 7.73. The molecule has 6 nitrogen and oxygen atoms in total. The van der Waals surface area contributed by atoms with Crippen LogP contribution in [0.3, 0.4) is 0 Å². The SMILES string of the molecule is CC(C=CNCCCC(=O)NCCSSCCNC(=O)CCC[n+]1ccc(C)cc1)=CI. The molecule has 0 fully saturated rings. The molecule has 0 saturated heterocycles. The predicted molar refractivity (Wildman–Crippen MR) is 146 cm³/mol. The lowest BCUT2D eigenvalue weighted by atomic mass is 10.2. The van der Waals surface area contributed by atoms with Crippen LogP contribution in [0.1, 0.15) is 38.2 Å². The highest BCUT2D eigenvalue weighted by Gasteiger charge is 2.05. The number of rotatable bonds is 17. The molecule has 1 rings (SSSR count). The minimum atomic E-state index is 0.0979. The third-order valence-electron chi connectivity index (χ3n) is 4.34. The van der Waals surface area contributed by atoms with Crippen molar-refractivity contribution >= 4 is 56.0 Å². The average molecular weight is 592 g/mol. The van der Waals surface area contributed by atoms with Gasteiger partial charge in [-0.3, -0.25) is 9.59 Å². The zero-order valence-electron chi connectivity index (χ0n) is 19.1. The number of carbonyl (C=O) groups is 2. The Labute approximate surface area is 214 Å². The van der Waals surface area contributed by atoms with Gasteiger partial charge in [-0.2, -0.15) is 0 Å². The highest BCUT2D eigenvalue weighted by molar-refractivity contribution is 14.1. The van der Waals surface area contributed by atoms with Gasteiger partial charge >= 0.3 is 0 Å². The monoisotopic (exact) mass is 591 g/mol. The second-order valence-electron chi connectivity index (χ2n) is 7.30. The van der Waals surface area contributed by atoms with Gasteiger partial charge in [0, 0.05) is 62.5 Å². The number of halogens is 1. The topological polar surface area (TPSA) is 74.1 Å². The normalized spacial score (nSPS) is 11.5. The van der Waals surface area contributed by atoms with Crippen LogP contribution in [-0.4, -0.2) is 43.0 Å². The first-order valence-electron chi connectivity index (χ1n) is 10.9. The molecule has 0 aliphatic carbocycles. The van der Waals surface area contributed by atoms with Crippen molar-refractivity contribution in [3.8, 4) is 0 Å². The van der Waals surface area contributed by atoms with Crippen molar-refractivity contribution in [2.24, 2.45) is 0 Å². The molecule has 1 aromatic rings. The molecule has 0 atom stereocenters. The molecule has 0 aromatic carbocycles. The van der Waals surface area contributed by atoms with Crippen LogP contribution in [0.5, 0.6) is 0 Å². The predicted octanol–water partition coefficient (Wildman–Crippen LogP) is 3.90. The molecule has 3 N–H and O–H groups in total. The van der Waals surface area contributed by atoms with Crippen molar-refractivity contribution in [2.45, 2.75) is 46.1 Å². The molecule has 0 bridgehead atoms. The van der Waals surface area contributed by atoms with E-state index in [1.54, 1.807) is 21.6 Å². The Morgan fingerprint density at radius 2 is 1.59 bits per heavy atom. The van der Waals surface area contributed by atoms with E-state index < -0.39 is 0 Å². The molecule has 32 heavy (non-hydrogen) atoms. The average Bonchev–Trinajstić information content (AvgIpc) is 2.79.